The summed E-state index contributed by atoms with van der Waals surface area (Å²) < 4.78 is 5.01. The van der Waals surface area contributed by atoms with Gasteiger partial charge in [-0.15, -0.1) is 0 Å². The van der Waals surface area contributed by atoms with Gasteiger partial charge in [0.25, 0.3) is 0 Å². The lowest BCUT2D eigenvalue weighted by atomic mass is 10.5. The Bertz CT molecular complexity index is 27.2. The highest BCUT2D eigenvalue weighted by atomic mass is 127. The van der Waals surface area contributed by atoms with E-state index >= 15 is 0 Å². The van der Waals surface area contributed by atoms with Gasteiger partial charge >= 0.3 is 0 Å². The number of halogens is 1. The van der Waals surface area contributed by atoms with E-state index in [0.717, 1.165) is 26.3 Å². The molecule has 1 N–H and O–H groups in total. The molecule has 0 saturated carbocycles. The van der Waals surface area contributed by atoms with Gasteiger partial charge in [-0.25, -0.2) is 0 Å². The zero-order valence-electron chi connectivity index (χ0n) is 4.11. The highest BCUT2D eigenvalue weighted by molar-refractivity contribution is 4.49. The minimum Gasteiger partial charge on any atom is -1.00 e. The van der Waals surface area contributed by atoms with Crippen molar-refractivity contribution in [1.29, 1.82) is 0 Å². The Kier molecular flexibility index (Phi) is 5.25. The molecule has 1 heterocycles. The van der Waals surface area contributed by atoms with Crippen LogP contribution in [0.1, 0.15) is 0 Å². The zero-order chi connectivity index (χ0) is 4.24. The van der Waals surface area contributed by atoms with Gasteiger partial charge in [0.1, 0.15) is 0 Å². The predicted molar refractivity (Wildman–Crippen MR) is 23.7 cm³/mol. The lowest BCUT2D eigenvalue weighted by molar-refractivity contribution is -0.00000195. The average Bonchev–Trinajstić information content (AvgIpc) is 1.72. The number of ether oxygens (including phenoxy) is 1. The second-order valence-corrected chi connectivity index (χ2v) is 1.36. The van der Waals surface area contributed by atoms with E-state index in [4.69, 9.17) is 4.74 Å². The van der Waals surface area contributed by atoms with Gasteiger partial charge in [-0.05, 0) is 0 Å². The van der Waals surface area contributed by atoms with E-state index in [1.54, 1.807) is 0 Å². The van der Waals surface area contributed by atoms with Crippen LogP contribution in [0.2, 0.25) is 0 Å². The Labute approximate surface area is 60.6 Å². The van der Waals surface area contributed by atoms with Crippen LogP contribution < -0.4 is 29.3 Å². The number of hydrogen-bond acceptors (Lipinski definition) is 2. The Balaban J connectivity index is 0.000000360. The van der Waals surface area contributed by atoms with Crippen molar-refractivity contribution in [3.8, 4) is 0 Å². The zero-order valence-corrected chi connectivity index (χ0v) is 6.27. The monoisotopic (exact) mass is 214 g/mol. The molecule has 0 aliphatic carbocycles. The number of rotatable bonds is 0. The summed E-state index contributed by atoms with van der Waals surface area (Å²) in [7, 11) is 0. The first-order valence-corrected chi connectivity index (χ1v) is 2.28. The molecule has 1 fully saturated rings. The third-order valence-electron chi connectivity index (χ3n) is 0.846. The van der Waals surface area contributed by atoms with E-state index < -0.39 is 0 Å². The summed E-state index contributed by atoms with van der Waals surface area (Å²) in [6.07, 6.45) is 0. The van der Waals surface area contributed by atoms with E-state index in [9.17, 15) is 0 Å². The molecule has 0 radical (unpaired) electrons. The summed E-state index contributed by atoms with van der Waals surface area (Å²) in [6.45, 7) is 3.83. The van der Waals surface area contributed by atoms with Gasteiger partial charge < -0.3 is 34.0 Å². The molecule has 0 spiro atoms. The Morgan fingerprint density at radius 3 is 1.86 bits per heavy atom. The van der Waals surface area contributed by atoms with Gasteiger partial charge in [-0.3, -0.25) is 0 Å². The van der Waals surface area contributed by atoms with Crippen LogP contribution >= 0.6 is 0 Å². The highest BCUT2D eigenvalue weighted by Gasteiger charge is 1.92. The first kappa shape index (κ1) is 7.65. The molecule has 0 bridgehead atoms. The van der Waals surface area contributed by atoms with Crippen molar-refractivity contribution in [3.63, 3.8) is 0 Å². The Hall–Kier alpha value is 0.650. The van der Waals surface area contributed by atoms with Gasteiger partial charge in [-0.2, -0.15) is 0 Å². The van der Waals surface area contributed by atoms with Crippen LogP contribution in [0, 0.1) is 0 Å². The van der Waals surface area contributed by atoms with Crippen molar-refractivity contribution >= 4 is 0 Å². The fraction of sp³-hybridized carbons (Fsp3) is 1.00. The number of nitrogens with one attached hydrogen (secondary N) is 1. The molecular formula is C4H9INO-. The Morgan fingerprint density at radius 1 is 1.14 bits per heavy atom. The largest absolute Gasteiger partial charge is 1.00 e. The molecule has 1 aliphatic heterocycles. The fourth-order valence-corrected chi connectivity index (χ4v) is 0.516. The smallest absolute Gasteiger partial charge is 0.0591 e. The predicted octanol–water partition coefficient (Wildman–Crippen LogP) is -3.39. The van der Waals surface area contributed by atoms with Gasteiger partial charge in [0.05, 0.1) is 13.2 Å². The molecule has 1 rings (SSSR count). The molecule has 0 aromatic carbocycles. The molecule has 0 aromatic heterocycles. The highest BCUT2D eigenvalue weighted by Crippen LogP contribution is 1.76. The molecule has 0 amide bonds. The molecule has 0 atom stereocenters. The van der Waals surface area contributed by atoms with E-state index in [1.807, 2.05) is 0 Å². The summed E-state index contributed by atoms with van der Waals surface area (Å²) >= 11 is 0. The van der Waals surface area contributed by atoms with Crippen LogP contribution in [0.25, 0.3) is 0 Å². The van der Waals surface area contributed by atoms with Crippen LogP contribution in [-0.2, 0) is 4.74 Å². The lowest BCUT2D eigenvalue weighted by Crippen LogP contribution is -3.00. The van der Waals surface area contributed by atoms with Crippen molar-refractivity contribution in [3.05, 3.63) is 0 Å². The summed E-state index contributed by atoms with van der Waals surface area (Å²) in [4.78, 5) is 0. The van der Waals surface area contributed by atoms with E-state index in [1.165, 1.54) is 0 Å². The quantitative estimate of drug-likeness (QED) is 0.424. The Morgan fingerprint density at radius 2 is 1.71 bits per heavy atom. The maximum Gasteiger partial charge on any atom is 0.0591 e. The summed E-state index contributed by atoms with van der Waals surface area (Å²) in [5, 5.41) is 3.16. The van der Waals surface area contributed by atoms with E-state index in [0.29, 0.717) is 0 Å². The molecule has 44 valence electrons. The molecule has 2 nitrogen and oxygen atoms in total. The molecule has 0 aromatic rings. The third kappa shape index (κ3) is 3.25. The topological polar surface area (TPSA) is 21.3 Å². The maximum atomic E-state index is 5.01. The first-order valence-electron chi connectivity index (χ1n) is 2.28. The standard InChI is InChI=1S/C4H9NO.HI/c1-3-6-4-2-5-1;/h5H,1-4H2;1H/p-1. The van der Waals surface area contributed by atoms with Gasteiger partial charge in [0.15, 0.2) is 0 Å². The van der Waals surface area contributed by atoms with E-state index in [-0.39, 0.29) is 24.0 Å². The summed E-state index contributed by atoms with van der Waals surface area (Å²) in [5.74, 6) is 0. The van der Waals surface area contributed by atoms with Crippen LogP contribution in [-0.4, -0.2) is 26.3 Å². The second kappa shape index (κ2) is 4.80. The summed E-state index contributed by atoms with van der Waals surface area (Å²) in [6, 6.07) is 0. The van der Waals surface area contributed by atoms with Gasteiger partial charge in [0, 0.05) is 13.1 Å². The normalized spacial score (nSPS) is 20.6. The maximum absolute atomic E-state index is 5.01. The molecule has 7 heavy (non-hydrogen) atoms. The molecule has 1 aliphatic rings. The lowest BCUT2D eigenvalue weighted by Gasteiger charge is -2.10. The molecular weight excluding hydrogens is 205 g/mol. The average molecular weight is 214 g/mol. The number of morpholine rings is 1. The molecule has 0 unspecified atom stereocenters. The fourth-order valence-electron chi connectivity index (χ4n) is 0.516. The van der Waals surface area contributed by atoms with Crippen molar-refractivity contribution < 1.29 is 28.7 Å². The van der Waals surface area contributed by atoms with Gasteiger partial charge in [-0.1, -0.05) is 0 Å². The molecule has 3 heteroatoms. The van der Waals surface area contributed by atoms with E-state index in [2.05, 4.69) is 5.32 Å². The van der Waals surface area contributed by atoms with Gasteiger partial charge in [0.2, 0.25) is 0 Å². The summed E-state index contributed by atoms with van der Waals surface area (Å²) in [5.41, 5.74) is 0. The van der Waals surface area contributed by atoms with Crippen LogP contribution in [0.3, 0.4) is 0 Å². The van der Waals surface area contributed by atoms with Crippen molar-refractivity contribution in [2.75, 3.05) is 26.3 Å². The number of hydrogen-bond donors (Lipinski definition) is 1. The minimum atomic E-state index is 0. The third-order valence-corrected chi connectivity index (χ3v) is 0.846. The van der Waals surface area contributed by atoms with Crippen molar-refractivity contribution in [2.24, 2.45) is 0 Å². The second-order valence-electron chi connectivity index (χ2n) is 1.36. The van der Waals surface area contributed by atoms with Crippen LogP contribution in [0.4, 0.5) is 0 Å². The van der Waals surface area contributed by atoms with Crippen LogP contribution in [0.5, 0.6) is 0 Å². The first-order chi connectivity index (χ1) is 3.00. The van der Waals surface area contributed by atoms with Crippen LogP contribution in [0.15, 0.2) is 0 Å². The SMILES string of the molecule is C1COCCN1.[I-]. The molecule has 1 saturated heterocycles. The minimum absolute atomic E-state index is 0. The van der Waals surface area contributed by atoms with Crippen molar-refractivity contribution in [2.45, 2.75) is 0 Å². The van der Waals surface area contributed by atoms with Crippen molar-refractivity contribution in [1.82, 2.24) is 5.32 Å².